The SMILES string of the molecule is CCC(C)N1CCNC(=O)C1C. The van der Waals surface area contributed by atoms with E-state index >= 15 is 0 Å². The average molecular weight is 170 g/mol. The van der Waals surface area contributed by atoms with E-state index in [0.717, 1.165) is 19.5 Å². The molecule has 70 valence electrons. The van der Waals surface area contributed by atoms with Gasteiger partial charge in [-0.3, -0.25) is 9.69 Å². The standard InChI is InChI=1S/C9H18N2O/c1-4-7(2)11-6-5-10-9(12)8(11)3/h7-8H,4-6H2,1-3H3,(H,10,12). The van der Waals surface area contributed by atoms with Crippen LogP contribution in [0.4, 0.5) is 0 Å². The zero-order valence-corrected chi connectivity index (χ0v) is 8.13. The summed E-state index contributed by atoms with van der Waals surface area (Å²) in [5, 5.41) is 2.86. The van der Waals surface area contributed by atoms with Crippen LogP contribution in [0.1, 0.15) is 27.2 Å². The molecular formula is C9H18N2O. The van der Waals surface area contributed by atoms with Gasteiger partial charge < -0.3 is 5.32 Å². The summed E-state index contributed by atoms with van der Waals surface area (Å²) in [6.07, 6.45) is 1.11. The molecule has 0 aromatic heterocycles. The van der Waals surface area contributed by atoms with E-state index in [9.17, 15) is 4.79 Å². The third-order valence-electron chi connectivity index (χ3n) is 2.70. The summed E-state index contributed by atoms with van der Waals surface area (Å²) in [6.45, 7) is 8.09. The Hall–Kier alpha value is -0.570. The first-order chi connectivity index (χ1) is 5.66. The van der Waals surface area contributed by atoms with Gasteiger partial charge in [0.2, 0.25) is 5.91 Å². The molecule has 12 heavy (non-hydrogen) atoms. The van der Waals surface area contributed by atoms with Crippen molar-refractivity contribution in [3.63, 3.8) is 0 Å². The minimum atomic E-state index is 0.0497. The van der Waals surface area contributed by atoms with E-state index in [2.05, 4.69) is 24.1 Å². The summed E-state index contributed by atoms with van der Waals surface area (Å²) < 4.78 is 0. The molecule has 1 aliphatic heterocycles. The zero-order valence-electron chi connectivity index (χ0n) is 8.13. The summed E-state index contributed by atoms with van der Waals surface area (Å²) in [6, 6.07) is 0.569. The van der Waals surface area contributed by atoms with Gasteiger partial charge in [-0.05, 0) is 20.3 Å². The molecule has 0 aromatic rings. The number of nitrogens with zero attached hydrogens (tertiary/aromatic N) is 1. The predicted molar refractivity (Wildman–Crippen MR) is 48.9 cm³/mol. The predicted octanol–water partition coefficient (Wildman–Crippen LogP) is 0.605. The molecule has 0 spiro atoms. The minimum absolute atomic E-state index is 0.0497. The Labute approximate surface area is 74.1 Å². The van der Waals surface area contributed by atoms with E-state index in [1.165, 1.54) is 0 Å². The molecule has 3 nitrogen and oxygen atoms in total. The Bertz CT molecular complexity index is 170. The Balaban J connectivity index is 2.57. The van der Waals surface area contributed by atoms with Crippen molar-refractivity contribution in [2.24, 2.45) is 0 Å². The molecule has 1 N–H and O–H groups in total. The van der Waals surface area contributed by atoms with Crippen LogP contribution in [0.5, 0.6) is 0 Å². The molecule has 1 rings (SSSR count). The quantitative estimate of drug-likeness (QED) is 0.658. The van der Waals surface area contributed by atoms with Gasteiger partial charge in [-0.1, -0.05) is 6.92 Å². The first-order valence-corrected chi connectivity index (χ1v) is 4.70. The maximum Gasteiger partial charge on any atom is 0.237 e. The molecule has 0 saturated carbocycles. The largest absolute Gasteiger partial charge is 0.353 e. The van der Waals surface area contributed by atoms with Crippen molar-refractivity contribution in [1.82, 2.24) is 10.2 Å². The molecule has 1 aliphatic rings. The van der Waals surface area contributed by atoms with Crippen LogP contribution in [0.15, 0.2) is 0 Å². The van der Waals surface area contributed by atoms with Crippen LogP contribution in [0, 0.1) is 0 Å². The van der Waals surface area contributed by atoms with E-state index in [0.29, 0.717) is 6.04 Å². The van der Waals surface area contributed by atoms with E-state index in [4.69, 9.17) is 0 Å². The molecular weight excluding hydrogens is 152 g/mol. The summed E-state index contributed by atoms with van der Waals surface area (Å²) in [4.78, 5) is 13.5. The van der Waals surface area contributed by atoms with Crippen LogP contribution in [-0.2, 0) is 4.79 Å². The van der Waals surface area contributed by atoms with E-state index in [1.807, 2.05) is 6.92 Å². The second-order valence-corrected chi connectivity index (χ2v) is 3.46. The summed E-state index contributed by atoms with van der Waals surface area (Å²) in [5.74, 6) is 0.168. The molecule has 0 aliphatic carbocycles. The fourth-order valence-corrected chi connectivity index (χ4v) is 1.64. The molecule has 2 atom stereocenters. The van der Waals surface area contributed by atoms with Crippen LogP contribution in [0.2, 0.25) is 0 Å². The molecule has 0 aromatic carbocycles. The summed E-state index contributed by atoms with van der Waals surface area (Å²) in [5.41, 5.74) is 0. The third kappa shape index (κ3) is 1.78. The van der Waals surface area contributed by atoms with Gasteiger partial charge in [0, 0.05) is 19.1 Å². The van der Waals surface area contributed by atoms with Crippen molar-refractivity contribution >= 4 is 5.91 Å². The van der Waals surface area contributed by atoms with Crippen molar-refractivity contribution in [2.75, 3.05) is 13.1 Å². The number of rotatable bonds is 2. The van der Waals surface area contributed by atoms with Gasteiger partial charge in [-0.2, -0.15) is 0 Å². The van der Waals surface area contributed by atoms with Crippen molar-refractivity contribution in [2.45, 2.75) is 39.3 Å². The zero-order chi connectivity index (χ0) is 9.14. The number of piperazine rings is 1. The van der Waals surface area contributed by atoms with Crippen LogP contribution in [-0.4, -0.2) is 36.0 Å². The third-order valence-corrected chi connectivity index (χ3v) is 2.70. The van der Waals surface area contributed by atoms with Gasteiger partial charge in [0.1, 0.15) is 0 Å². The molecule has 0 radical (unpaired) electrons. The molecule has 1 heterocycles. The van der Waals surface area contributed by atoms with Crippen molar-refractivity contribution in [1.29, 1.82) is 0 Å². The topological polar surface area (TPSA) is 32.3 Å². The number of carbonyl (C=O) groups is 1. The second-order valence-electron chi connectivity index (χ2n) is 3.46. The fraction of sp³-hybridized carbons (Fsp3) is 0.889. The highest BCUT2D eigenvalue weighted by Crippen LogP contribution is 2.10. The van der Waals surface area contributed by atoms with Crippen molar-refractivity contribution in [3.05, 3.63) is 0 Å². The van der Waals surface area contributed by atoms with E-state index < -0.39 is 0 Å². The Morgan fingerprint density at radius 3 is 3.00 bits per heavy atom. The molecule has 2 unspecified atom stereocenters. The summed E-state index contributed by atoms with van der Waals surface area (Å²) >= 11 is 0. The Morgan fingerprint density at radius 2 is 2.42 bits per heavy atom. The lowest BCUT2D eigenvalue weighted by molar-refractivity contribution is -0.129. The Morgan fingerprint density at radius 1 is 1.75 bits per heavy atom. The number of hydrogen-bond acceptors (Lipinski definition) is 2. The van der Waals surface area contributed by atoms with Crippen LogP contribution < -0.4 is 5.32 Å². The number of amides is 1. The number of carbonyl (C=O) groups excluding carboxylic acids is 1. The molecule has 1 amide bonds. The maximum atomic E-state index is 11.3. The highest BCUT2D eigenvalue weighted by molar-refractivity contribution is 5.82. The Kier molecular flexibility index (Phi) is 3.09. The second kappa shape index (κ2) is 3.90. The average Bonchev–Trinajstić information content (AvgIpc) is 2.08. The number of hydrogen-bond donors (Lipinski definition) is 1. The maximum absolute atomic E-state index is 11.3. The van der Waals surface area contributed by atoms with Gasteiger partial charge in [0.15, 0.2) is 0 Å². The van der Waals surface area contributed by atoms with Crippen LogP contribution in [0.3, 0.4) is 0 Å². The van der Waals surface area contributed by atoms with Crippen LogP contribution in [0.25, 0.3) is 0 Å². The van der Waals surface area contributed by atoms with Gasteiger partial charge in [-0.25, -0.2) is 0 Å². The fourth-order valence-electron chi connectivity index (χ4n) is 1.64. The van der Waals surface area contributed by atoms with Crippen molar-refractivity contribution in [3.8, 4) is 0 Å². The van der Waals surface area contributed by atoms with Gasteiger partial charge in [0.05, 0.1) is 6.04 Å². The van der Waals surface area contributed by atoms with Crippen molar-refractivity contribution < 1.29 is 4.79 Å². The minimum Gasteiger partial charge on any atom is -0.353 e. The molecule has 1 saturated heterocycles. The first kappa shape index (κ1) is 9.52. The molecule has 1 fully saturated rings. The smallest absolute Gasteiger partial charge is 0.237 e. The van der Waals surface area contributed by atoms with Gasteiger partial charge in [-0.15, -0.1) is 0 Å². The van der Waals surface area contributed by atoms with Crippen LogP contribution >= 0.6 is 0 Å². The first-order valence-electron chi connectivity index (χ1n) is 4.70. The van der Waals surface area contributed by atoms with E-state index in [1.54, 1.807) is 0 Å². The highest BCUT2D eigenvalue weighted by Gasteiger charge is 2.27. The van der Waals surface area contributed by atoms with Gasteiger partial charge >= 0.3 is 0 Å². The lowest BCUT2D eigenvalue weighted by atomic mass is 10.1. The monoisotopic (exact) mass is 170 g/mol. The lowest BCUT2D eigenvalue weighted by Gasteiger charge is -2.36. The molecule has 3 heteroatoms. The number of nitrogens with one attached hydrogen (secondary N) is 1. The lowest BCUT2D eigenvalue weighted by Crippen LogP contribution is -2.56. The summed E-state index contributed by atoms with van der Waals surface area (Å²) in [7, 11) is 0. The van der Waals surface area contributed by atoms with E-state index in [-0.39, 0.29) is 11.9 Å². The normalized spacial score (nSPS) is 28.2. The van der Waals surface area contributed by atoms with Gasteiger partial charge in [0.25, 0.3) is 0 Å². The highest BCUT2D eigenvalue weighted by atomic mass is 16.2. The molecule has 0 bridgehead atoms.